The zero-order chi connectivity index (χ0) is 13.7. The van der Waals surface area contributed by atoms with Crippen molar-refractivity contribution in [2.75, 3.05) is 19.0 Å². The van der Waals surface area contributed by atoms with E-state index < -0.39 is 0 Å². The minimum atomic E-state index is 0.268. The van der Waals surface area contributed by atoms with Crippen LogP contribution in [0.4, 0.5) is 5.95 Å². The summed E-state index contributed by atoms with van der Waals surface area (Å²) < 4.78 is 7.36. The second-order valence-corrected chi connectivity index (χ2v) is 5.58. The molecule has 0 aliphatic rings. The third-order valence-electron chi connectivity index (χ3n) is 3.31. The maximum Gasteiger partial charge on any atom is 0.203 e. The van der Waals surface area contributed by atoms with Crippen LogP contribution in [-0.2, 0) is 11.3 Å². The van der Waals surface area contributed by atoms with Gasteiger partial charge in [0.1, 0.15) is 0 Å². The van der Waals surface area contributed by atoms with Crippen LogP contribution in [0.15, 0.2) is 6.20 Å². The Hall–Kier alpha value is -1.03. The molecule has 0 saturated carbocycles. The molecule has 0 radical (unpaired) electrons. The van der Waals surface area contributed by atoms with Crippen LogP contribution in [0.25, 0.3) is 0 Å². The number of aromatic nitrogens is 2. The molecule has 0 fully saturated rings. The van der Waals surface area contributed by atoms with Crippen LogP contribution in [0.2, 0.25) is 0 Å². The number of nitrogens with zero attached hydrogens (tertiary/aromatic N) is 2. The number of anilines is 1. The fourth-order valence-electron chi connectivity index (χ4n) is 1.83. The van der Waals surface area contributed by atoms with Gasteiger partial charge < -0.3 is 14.6 Å². The number of rotatable bonds is 7. The van der Waals surface area contributed by atoms with E-state index in [0.29, 0.717) is 18.4 Å². The molecule has 1 N–H and O–H groups in total. The third-order valence-corrected chi connectivity index (χ3v) is 3.31. The second kappa shape index (κ2) is 6.78. The van der Waals surface area contributed by atoms with Crippen molar-refractivity contribution in [2.45, 2.75) is 47.2 Å². The lowest BCUT2D eigenvalue weighted by Gasteiger charge is -2.19. The zero-order valence-electron chi connectivity index (χ0n) is 12.5. The summed E-state index contributed by atoms with van der Waals surface area (Å²) in [7, 11) is 1.72. The molecule has 2 unspecified atom stereocenters. The van der Waals surface area contributed by atoms with Gasteiger partial charge in [0.15, 0.2) is 0 Å². The van der Waals surface area contributed by atoms with Gasteiger partial charge in [-0.3, -0.25) is 0 Å². The number of methoxy groups -OCH3 is 1. The number of hydrogen-bond donors (Lipinski definition) is 1. The average Bonchev–Trinajstić information content (AvgIpc) is 2.58. The molecule has 1 rings (SSSR count). The fourth-order valence-corrected chi connectivity index (χ4v) is 1.83. The van der Waals surface area contributed by atoms with Crippen LogP contribution in [0.5, 0.6) is 0 Å². The van der Waals surface area contributed by atoms with Crippen LogP contribution in [0.3, 0.4) is 0 Å². The highest BCUT2D eigenvalue weighted by molar-refractivity contribution is 5.30. The van der Waals surface area contributed by atoms with Gasteiger partial charge in [0, 0.05) is 25.9 Å². The summed E-state index contributed by atoms with van der Waals surface area (Å²) >= 11 is 0. The summed E-state index contributed by atoms with van der Waals surface area (Å²) in [5, 5.41) is 3.40. The standard InChI is InChI=1S/C14H27N3O/c1-10(2)11(3)7-17-8-12(4)15-14(17)16-13(5)9-18-6/h8,10-11,13H,7,9H2,1-6H3,(H,15,16). The lowest BCUT2D eigenvalue weighted by Crippen LogP contribution is -2.24. The Morgan fingerprint density at radius 2 is 2.00 bits per heavy atom. The van der Waals surface area contributed by atoms with Gasteiger partial charge >= 0.3 is 0 Å². The molecule has 0 spiro atoms. The predicted molar refractivity (Wildman–Crippen MR) is 75.9 cm³/mol. The van der Waals surface area contributed by atoms with Gasteiger partial charge in [-0.15, -0.1) is 0 Å². The van der Waals surface area contributed by atoms with Crippen molar-refractivity contribution in [3.63, 3.8) is 0 Å². The molecular weight excluding hydrogens is 226 g/mol. The number of imidazole rings is 1. The Balaban J connectivity index is 2.73. The number of aryl methyl sites for hydroxylation is 1. The molecule has 4 heteroatoms. The molecule has 1 aromatic heterocycles. The lowest BCUT2D eigenvalue weighted by atomic mass is 9.98. The molecule has 104 valence electrons. The summed E-state index contributed by atoms with van der Waals surface area (Å²) in [6.45, 7) is 12.6. The van der Waals surface area contributed by atoms with E-state index >= 15 is 0 Å². The van der Waals surface area contributed by atoms with Crippen molar-refractivity contribution >= 4 is 5.95 Å². The molecule has 2 atom stereocenters. The zero-order valence-corrected chi connectivity index (χ0v) is 12.5. The molecule has 4 nitrogen and oxygen atoms in total. The fraction of sp³-hybridized carbons (Fsp3) is 0.786. The van der Waals surface area contributed by atoms with E-state index in [9.17, 15) is 0 Å². The molecule has 18 heavy (non-hydrogen) atoms. The van der Waals surface area contributed by atoms with Crippen molar-refractivity contribution in [2.24, 2.45) is 11.8 Å². The molecule has 0 bridgehead atoms. The highest BCUT2D eigenvalue weighted by Gasteiger charge is 2.13. The van der Waals surface area contributed by atoms with Gasteiger partial charge in [-0.05, 0) is 25.7 Å². The van der Waals surface area contributed by atoms with E-state index in [1.165, 1.54) is 0 Å². The Morgan fingerprint density at radius 3 is 2.56 bits per heavy atom. The van der Waals surface area contributed by atoms with Gasteiger partial charge in [-0.1, -0.05) is 20.8 Å². The molecule has 0 aromatic carbocycles. The molecule has 0 amide bonds. The van der Waals surface area contributed by atoms with Gasteiger partial charge in [0.25, 0.3) is 0 Å². The normalized spacial score (nSPS) is 14.8. The highest BCUT2D eigenvalue weighted by atomic mass is 16.5. The molecule has 0 saturated heterocycles. The molecular formula is C14H27N3O. The Morgan fingerprint density at radius 1 is 1.33 bits per heavy atom. The number of ether oxygens (including phenoxy) is 1. The minimum Gasteiger partial charge on any atom is -0.383 e. The van der Waals surface area contributed by atoms with E-state index in [1.54, 1.807) is 7.11 Å². The van der Waals surface area contributed by atoms with E-state index in [2.05, 4.69) is 48.8 Å². The van der Waals surface area contributed by atoms with Crippen molar-refractivity contribution in [3.8, 4) is 0 Å². The van der Waals surface area contributed by atoms with E-state index in [4.69, 9.17) is 4.74 Å². The Labute approximate surface area is 111 Å². The largest absolute Gasteiger partial charge is 0.383 e. The van der Waals surface area contributed by atoms with Crippen LogP contribution in [0.1, 0.15) is 33.4 Å². The van der Waals surface area contributed by atoms with Crippen LogP contribution in [-0.4, -0.2) is 29.3 Å². The Bertz CT molecular complexity index is 360. The first kappa shape index (κ1) is 15.0. The van der Waals surface area contributed by atoms with Crippen LogP contribution >= 0.6 is 0 Å². The SMILES string of the molecule is COCC(C)Nc1nc(C)cn1CC(C)C(C)C. The maximum atomic E-state index is 5.14. The molecule has 1 aromatic rings. The average molecular weight is 253 g/mol. The summed E-state index contributed by atoms with van der Waals surface area (Å²) in [5.41, 5.74) is 1.05. The molecule has 1 heterocycles. The van der Waals surface area contributed by atoms with Crippen molar-refractivity contribution in [1.82, 2.24) is 9.55 Å². The van der Waals surface area contributed by atoms with Crippen LogP contribution < -0.4 is 5.32 Å². The van der Waals surface area contributed by atoms with Gasteiger partial charge in [0.2, 0.25) is 5.95 Å². The molecule has 0 aliphatic carbocycles. The van der Waals surface area contributed by atoms with Crippen molar-refractivity contribution in [3.05, 3.63) is 11.9 Å². The second-order valence-electron chi connectivity index (χ2n) is 5.58. The predicted octanol–water partition coefficient (Wildman–Crippen LogP) is 2.93. The topological polar surface area (TPSA) is 39.1 Å². The lowest BCUT2D eigenvalue weighted by molar-refractivity contribution is 0.190. The van der Waals surface area contributed by atoms with Gasteiger partial charge in [-0.25, -0.2) is 4.98 Å². The number of hydrogen-bond acceptors (Lipinski definition) is 3. The van der Waals surface area contributed by atoms with Crippen LogP contribution in [0, 0.1) is 18.8 Å². The van der Waals surface area contributed by atoms with Crippen molar-refractivity contribution < 1.29 is 4.74 Å². The third kappa shape index (κ3) is 4.33. The van der Waals surface area contributed by atoms with E-state index in [0.717, 1.165) is 18.2 Å². The van der Waals surface area contributed by atoms with Crippen molar-refractivity contribution in [1.29, 1.82) is 0 Å². The quantitative estimate of drug-likeness (QED) is 0.812. The monoisotopic (exact) mass is 253 g/mol. The van der Waals surface area contributed by atoms with E-state index in [-0.39, 0.29) is 6.04 Å². The maximum absolute atomic E-state index is 5.14. The minimum absolute atomic E-state index is 0.268. The first-order valence-electron chi connectivity index (χ1n) is 6.73. The van der Waals surface area contributed by atoms with E-state index in [1.807, 2.05) is 6.92 Å². The first-order valence-corrected chi connectivity index (χ1v) is 6.73. The summed E-state index contributed by atoms with van der Waals surface area (Å²) in [6, 6.07) is 0.268. The van der Waals surface area contributed by atoms with Gasteiger partial charge in [0.05, 0.1) is 12.3 Å². The summed E-state index contributed by atoms with van der Waals surface area (Å²) in [6.07, 6.45) is 2.11. The highest BCUT2D eigenvalue weighted by Crippen LogP contribution is 2.17. The van der Waals surface area contributed by atoms with Gasteiger partial charge in [-0.2, -0.15) is 0 Å². The summed E-state index contributed by atoms with van der Waals surface area (Å²) in [4.78, 5) is 4.54. The molecule has 0 aliphatic heterocycles. The smallest absolute Gasteiger partial charge is 0.203 e. The first-order chi connectivity index (χ1) is 8.43. The summed E-state index contributed by atoms with van der Waals surface area (Å²) in [5.74, 6) is 2.26. The Kier molecular flexibility index (Phi) is 5.66. The number of nitrogens with one attached hydrogen (secondary N) is 1.